The van der Waals surface area contributed by atoms with Gasteiger partial charge in [0.1, 0.15) is 5.54 Å². The molecule has 3 aliphatic rings. The van der Waals surface area contributed by atoms with E-state index in [2.05, 4.69) is 10.2 Å². The van der Waals surface area contributed by atoms with Gasteiger partial charge in [0.15, 0.2) is 5.76 Å². The number of ether oxygens (including phenoxy) is 4. The average Bonchev–Trinajstić information content (AvgIpc) is 3.66. The Morgan fingerprint density at radius 2 is 1.71 bits per heavy atom. The minimum atomic E-state index is -0.738. The number of aliphatic hydroxyl groups excluding tert-OH is 1. The van der Waals surface area contributed by atoms with Crippen LogP contribution in [0.3, 0.4) is 0 Å². The molecule has 0 bridgehead atoms. The van der Waals surface area contributed by atoms with Crippen molar-refractivity contribution in [2.75, 3.05) is 64.3 Å². The third kappa shape index (κ3) is 7.09. The van der Waals surface area contributed by atoms with Crippen LogP contribution >= 0.6 is 0 Å². The largest absolute Gasteiger partial charge is 0.459 e. The normalized spacial score (nSPS) is 21.9. The SMILES string of the molecule is CCO[C@H]1OC(C(=O)N2CCC3(CC2)C(=O)NCN3c2ccccc2)=C[C@@H](c2cn(C(C)=O)c3ccccc23)[C@H]1CCOCCOCCO. The quantitative estimate of drug-likeness (QED) is 0.261. The Bertz CT molecular complexity index is 1650. The third-order valence-corrected chi connectivity index (χ3v) is 9.85. The van der Waals surface area contributed by atoms with Gasteiger partial charge in [-0.3, -0.25) is 19.0 Å². The Morgan fingerprint density at radius 3 is 2.43 bits per heavy atom. The van der Waals surface area contributed by atoms with E-state index in [1.165, 1.54) is 6.92 Å². The second-order valence-electron chi connectivity index (χ2n) is 12.6. The predicted octanol–water partition coefficient (Wildman–Crippen LogP) is 3.65. The number of hydrogen-bond donors (Lipinski definition) is 2. The molecule has 3 aromatic rings. The number of para-hydroxylation sites is 2. The molecule has 0 unspecified atom stereocenters. The Labute approximate surface area is 286 Å². The summed E-state index contributed by atoms with van der Waals surface area (Å²) in [5, 5.41) is 12.9. The number of aromatic nitrogens is 1. The van der Waals surface area contributed by atoms with Gasteiger partial charge >= 0.3 is 0 Å². The van der Waals surface area contributed by atoms with Crippen molar-refractivity contribution in [1.29, 1.82) is 0 Å². The summed E-state index contributed by atoms with van der Waals surface area (Å²) in [4.78, 5) is 44.0. The topological polar surface area (TPSA) is 132 Å². The van der Waals surface area contributed by atoms with Gasteiger partial charge in [0.25, 0.3) is 5.91 Å². The van der Waals surface area contributed by atoms with Crippen LogP contribution in [0.1, 0.15) is 49.4 Å². The summed E-state index contributed by atoms with van der Waals surface area (Å²) in [5.74, 6) is -0.729. The zero-order valence-corrected chi connectivity index (χ0v) is 28.2. The van der Waals surface area contributed by atoms with Gasteiger partial charge < -0.3 is 39.2 Å². The van der Waals surface area contributed by atoms with Crippen LogP contribution < -0.4 is 10.2 Å². The molecule has 49 heavy (non-hydrogen) atoms. The van der Waals surface area contributed by atoms with E-state index in [1.807, 2.05) is 73.8 Å². The van der Waals surface area contributed by atoms with Crippen LogP contribution in [0.15, 0.2) is 72.6 Å². The van der Waals surface area contributed by atoms with Crippen molar-refractivity contribution in [2.24, 2.45) is 5.92 Å². The van der Waals surface area contributed by atoms with E-state index in [0.29, 0.717) is 65.4 Å². The number of aliphatic hydroxyl groups is 1. The lowest BCUT2D eigenvalue weighted by Gasteiger charge is -2.44. The first kappa shape index (κ1) is 34.6. The Kier molecular flexibility index (Phi) is 11.0. The predicted molar refractivity (Wildman–Crippen MR) is 183 cm³/mol. The van der Waals surface area contributed by atoms with Crippen LogP contribution in [-0.2, 0) is 28.5 Å². The van der Waals surface area contributed by atoms with Crippen molar-refractivity contribution in [3.63, 3.8) is 0 Å². The lowest BCUT2D eigenvalue weighted by Crippen LogP contribution is -2.57. The van der Waals surface area contributed by atoms with Crippen LogP contribution in [-0.4, -0.2) is 104 Å². The van der Waals surface area contributed by atoms with Gasteiger partial charge in [0, 0.05) is 62.3 Å². The molecule has 2 fully saturated rings. The molecule has 3 atom stereocenters. The highest BCUT2D eigenvalue weighted by atomic mass is 16.7. The number of nitrogens with one attached hydrogen (secondary N) is 1. The van der Waals surface area contributed by atoms with E-state index in [-0.39, 0.29) is 48.5 Å². The van der Waals surface area contributed by atoms with Crippen molar-refractivity contribution in [1.82, 2.24) is 14.8 Å². The van der Waals surface area contributed by atoms with Gasteiger partial charge in [-0.1, -0.05) is 36.4 Å². The number of anilines is 1. The summed E-state index contributed by atoms with van der Waals surface area (Å²) in [7, 11) is 0. The number of piperidine rings is 1. The number of allylic oxidation sites excluding steroid dienone is 1. The molecule has 12 heteroatoms. The fourth-order valence-electron chi connectivity index (χ4n) is 7.39. The number of amides is 2. The monoisotopic (exact) mass is 674 g/mol. The maximum Gasteiger partial charge on any atom is 0.288 e. The first-order valence-corrected chi connectivity index (χ1v) is 17.2. The minimum Gasteiger partial charge on any atom is -0.459 e. The standard InChI is InChI=1S/C37H46N4O8/c1-3-48-35-29(13-19-46-21-22-47-20-18-42)30(31-24-40(26(2)43)32-12-8-7-11-28(31)32)23-33(49-35)34(44)39-16-14-37(15-17-39)36(45)38-25-41(37)27-9-5-4-6-10-27/h4-12,23-24,29-30,35,42H,3,13-22,25H2,1-2H3,(H,38,45)/t29-,30-,35+/m1/s1. The van der Waals surface area contributed by atoms with Gasteiger partial charge in [-0.05, 0) is 56.0 Å². The number of carbonyl (C=O) groups excluding carboxylic acids is 3. The van der Waals surface area contributed by atoms with Gasteiger partial charge in [-0.15, -0.1) is 0 Å². The highest BCUT2D eigenvalue weighted by Crippen LogP contribution is 2.43. The van der Waals surface area contributed by atoms with Crippen LogP contribution in [0.5, 0.6) is 0 Å². The van der Waals surface area contributed by atoms with Crippen LogP contribution in [0.25, 0.3) is 10.9 Å². The minimum absolute atomic E-state index is 0.0139. The van der Waals surface area contributed by atoms with Crippen molar-refractivity contribution in [3.8, 4) is 0 Å². The number of hydrogen-bond acceptors (Lipinski definition) is 9. The third-order valence-electron chi connectivity index (χ3n) is 9.85. The summed E-state index contributed by atoms with van der Waals surface area (Å²) in [6.45, 7) is 6.35. The van der Waals surface area contributed by atoms with Gasteiger partial charge in [-0.25, -0.2) is 0 Å². The van der Waals surface area contributed by atoms with Gasteiger partial charge in [-0.2, -0.15) is 0 Å². The fraction of sp³-hybridized carbons (Fsp3) is 0.486. The maximum absolute atomic E-state index is 14.2. The van der Waals surface area contributed by atoms with E-state index in [1.54, 1.807) is 9.47 Å². The number of likely N-dealkylation sites (tertiary alicyclic amines) is 1. The van der Waals surface area contributed by atoms with Crippen molar-refractivity contribution < 1.29 is 38.4 Å². The molecule has 0 saturated carbocycles. The molecule has 2 N–H and O–H groups in total. The molecule has 0 aliphatic carbocycles. The molecular weight excluding hydrogens is 628 g/mol. The molecule has 6 rings (SSSR count). The molecule has 0 radical (unpaired) electrons. The zero-order chi connectivity index (χ0) is 34.4. The Morgan fingerprint density at radius 1 is 1.00 bits per heavy atom. The van der Waals surface area contributed by atoms with Crippen LogP contribution in [0, 0.1) is 5.92 Å². The highest BCUT2D eigenvalue weighted by molar-refractivity contribution is 5.96. The fourth-order valence-corrected chi connectivity index (χ4v) is 7.39. The van der Waals surface area contributed by atoms with Crippen LogP contribution in [0.4, 0.5) is 5.69 Å². The lowest BCUT2D eigenvalue weighted by molar-refractivity contribution is -0.172. The first-order chi connectivity index (χ1) is 23.9. The average molecular weight is 675 g/mol. The maximum atomic E-state index is 14.2. The lowest BCUT2D eigenvalue weighted by atomic mass is 9.81. The molecule has 12 nitrogen and oxygen atoms in total. The summed E-state index contributed by atoms with van der Waals surface area (Å²) < 4.78 is 25.4. The smallest absolute Gasteiger partial charge is 0.288 e. The van der Waals surface area contributed by atoms with Gasteiger partial charge in [0.05, 0.1) is 38.6 Å². The van der Waals surface area contributed by atoms with E-state index >= 15 is 0 Å². The second-order valence-corrected chi connectivity index (χ2v) is 12.6. The molecule has 4 heterocycles. The van der Waals surface area contributed by atoms with Crippen molar-refractivity contribution in [2.45, 2.75) is 50.9 Å². The second kappa shape index (κ2) is 15.5. The Balaban J connectivity index is 1.27. The van der Waals surface area contributed by atoms with E-state index < -0.39 is 11.8 Å². The summed E-state index contributed by atoms with van der Waals surface area (Å²) in [5.41, 5.74) is 1.94. The molecule has 262 valence electrons. The molecule has 2 amide bonds. The number of nitrogens with zero attached hydrogens (tertiary/aromatic N) is 3. The van der Waals surface area contributed by atoms with E-state index in [4.69, 9.17) is 24.1 Å². The highest BCUT2D eigenvalue weighted by Gasteiger charge is 2.51. The van der Waals surface area contributed by atoms with Crippen molar-refractivity contribution >= 4 is 34.3 Å². The van der Waals surface area contributed by atoms with Crippen molar-refractivity contribution in [3.05, 3.63) is 78.2 Å². The summed E-state index contributed by atoms with van der Waals surface area (Å²) in [6, 6.07) is 17.6. The van der Waals surface area contributed by atoms with Gasteiger partial charge in [0.2, 0.25) is 18.1 Å². The number of benzene rings is 2. The van der Waals surface area contributed by atoms with E-state index in [9.17, 15) is 14.4 Å². The number of rotatable bonds is 13. The molecule has 1 spiro atoms. The Hall–Kier alpha value is -4.23. The first-order valence-electron chi connectivity index (χ1n) is 17.2. The summed E-state index contributed by atoms with van der Waals surface area (Å²) >= 11 is 0. The molecular formula is C37H46N4O8. The molecule has 3 aliphatic heterocycles. The molecule has 1 aromatic heterocycles. The number of fused-ring (bicyclic) bond motifs is 1. The molecule has 2 saturated heterocycles. The van der Waals surface area contributed by atoms with E-state index in [0.717, 1.165) is 22.2 Å². The number of carbonyl (C=O) groups is 3. The zero-order valence-electron chi connectivity index (χ0n) is 28.2. The molecule has 2 aromatic carbocycles. The van der Waals surface area contributed by atoms with Crippen LogP contribution in [0.2, 0.25) is 0 Å². The summed E-state index contributed by atoms with van der Waals surface area (Å²) in [6.07, 6.45) is 4.53.